The fourth-order valence-corrected chi connectivity index (χ4v) is 2.50. The minimum absolute atomic E-state index is 0.0831. The van der Waals surface area contributed by atoms with Crippen molar-refractivity contribution in [2.75, 3.05) is 7.11 Å². The topological polar surface area (TPSA) is 35.5 Å². The van der Waals surface area contributed by atoms with Crippen LogP contribution < -0.4 is 9.47 Å². The van der Waals surface area contributed by atoms with Crippen LogP contribution in [0.3, 0.4) is 0 Å². The summed E-state index contributed by atoms with van der Waals surface area (Å²) in [5.74, 6) is 1.31. The van der Waals surface area contributed by atoms with Gasteiger partial charge in [-0.05, 0) is 42.0 Å². The van der Waals surface area contributed by atoms with Crippen molar-refractivity contribution in [1.29, 1.82) is 0 Å². The van der Waals surface area contributed by atoms with Gasteiger partial charge in [-0.2, -0.15) is 0 Å². The molecule has 3 rings (SSSR count). The van der Waals surface area contributed by atoms with E-state index in [1.165, 1.54) is 0 Å². The monoisotopic (exact) mass is 280 g/mol. The van der Waals surface area contributed by atoms with Crippen molar-refractivity contribution in [1.82, 2.24) is 0 Å². The van der Waals surface area contributed by atoms with Gasteiger partial charge in [-0.15, -0.1) is 0 Å². The van der Waals surface area contributed by atoms with Crippen molar-refractivity contribution in [3.05, 3.63) is 72.3 Å². The first kappa shape index (κ1) is 13.4. The van der Waals surface area contributed by atoms with E-state index in [1.807, 2.05) is 60.7 Å². The highest BCUT2D eigenvalue weighted by Crippen LogP contribution is 2.31. The number of ketones is 1. The molecule has 0 amide bonds. The lowest BCUT2D eigenvalue weighted by molar-refractivity contribution is -0.116. The highest BCUT2D eigenvalue weighted by atomic mass is 16.5. The van der Waals surface area contributed by atoms with Gasteiger partial charge in [-0.1, -0.05) is 30.3 Å². The minimum atomic E-state index is -0.270. The standard InChI is InChI=1S/C18H16O3/c1-20-14-7-9-15(10-8-14)21-17-12-11-16(19)18(17)13-5-3-2-4-6-13/h2-12,17-18H,1H3/t17-,18-/m0/s1. The summed E-state index contributed by atoms with van der Waals surface area (Å²) in [7, 11) is 1.62. The molecule has 106 valence electrons. The van der Waals surface area contributed by atoms with Crippen molar-refractivity contribution in [3.8, 4) is 11.5 Å². The Morgan fingerprint density at radius 3 is 2.24 bits per heavy atom. The van der Waals surface area contributed by atoms with Crippen molar-refractivity contribution in [2.24, 2.45) is 0 Å². The predicted molar refractivity (Wildman–Crippen MR) is 80.7 cm³/mol. The van der Waals surface area contributed by atoms with Gasteiger partial charge in [0.1, 0.15) is 17.6 Å². The lowest BCUT2D eigenvalue weighted by Crippen LogP contribution is -2.23. The third-order valence-corrected chi connectivity index (χ3v) is 3.58. The number of hydrogen-bond acceptors (Lipinski definition) is 3. The summed E-state index contributed by atoms with van der Waals surface area (Å²) in [6.07, 6.45) is 3.16. The SMILES string of the molecule is COc1ccc(O[C@H]2C=CC(=O)[C@@H]2c2ccccc2)cc1. The molecular formula is C18H16O3. The first-order valence-corrected chi connectivity index (χ1v) is 6.85. The average molecular weight is 280 g/mol. The van der Waals surface area contributed by atoms with Crippen LogP contribution in [0.15, 0.2) is 66.7 Å². The number of carbonyl (C=O) groups excluding carboxylic acids is 1. The van der Waals surface area contributed by atoms with E-state index in [0.29, 0.717) is 0 Å². The second-order valence-corrected chi connectivity index (χ2v) is 4.91. The molecule has 0 fully saturated rings. The highest BCUT2D eigenvalue weighted by molar-refractivity contribution is 5.98. The molecule has 0 heterocycles. The number of carbonyl (C=O) groups is 1. The van der Waals surface area contributed by atoms with E-state index in [4.69, 9.17) is 9.47 Å². The summed E-state index contributed by atoms with van der Waals surface area (Å²) < 4.78 is 11.1. The molecule has 21 heavy (non-hydrogen) atoms. The van der Waals surface area contributed by atoms with Gasteiger partial charge < -0.3 is 9.47 Å². The van der Waals surface area contributed by atoms with Gasteiger partial charge in [0, 0.05) is 0 Å². The zero-order chi connectivity index (χ0) is 14.7. The van der Waals surface area contributed by atoms with Crippen LogP contribution in [0.25, 0.3) is 0 Å². The van der Waals surface area contributed by atoms with Crippen molar-refractivity contribution in [2.45, 2.75) is 12.0 Å². The Hall–Kier alpha value is -2.55. The Balaban J connectivity index is 1.80. The molecule has 3 nitrogen and oxygen atoms in total. The molecule has 2 aromatic rings. The van der Waals surface area contributed by atoms with Crippen LogP contribution >= 0.6 is 0 Å². The van der Waals surface area contributed by atoms with Gasteiger partial charge in [0.2, 0.25) is 0 Å². The Bertz CT molecular complexity index is 644. The van der Waals surface area contributed by atoms with E-state index in [-0.39, 0.29) is 17.8 Å². The average Bonchev–Trinajstić information content (AvgIpc) is 2.89. The van der Waals surface area contributed by atoms with Crippen LogP contribution in [0.1, 0.15) is 11.5 Å². The molecule has 2 aromatic carbocycles. The zero-order valence-electron chi connectivity index (χ0n) is 11.7. The molecule has 0 aliphatic heterocycles. The van der Waals surface area contributed by atoms with E-state index >= 15 is 0 Å². The van der Waals surface area contributed by atoms with Crippen LogP contribution in [-0.2, 0) is 4.79 Å². The fourth-order valence-electron chi connectivity index (χ4n) is 2.50. The van der Waals surface area contributed by atoms with Crippen LogP contribution in [0.2, 0.25) is 0 Å². The van der Waals surface area contributed by atoms with Gasteiger partial charge in [-0.3, -0.25) is 4.79 Å². The van der Waals surface area contributed by atoms with Crippen LogP contribution in [0.4, 0.5) is 0 Å². The largest absolute Gasteiger partial charge is 0.497 e. The highest BCUT2D eigenvalue weighted by Gasteiger charge is 2.33. The van der Waals surface area contributed by atoms with E-state index in [1.54, 1.807) is 13.2 Å². The first-order chi connectivity index (χ1) is 10.3. The van der Waals surface area contributed by atoms with E-state index in [9.17, 15) is 4.79 Å². The Morgan fingerprint density at radius 1 is 0.905 bits per heavy atom. The molecule has 0 radical (unpaired) electrons. The maximum atomic E-state index is 12.1. The molecule has 0 aromatic heterocycles. The molecule has 0 unspecified atom stereocenters. The molecule has 0 spiro atoms. The third-order valence-electron chi connectivity index (χ3n) is 3.58. The first-order valence-electron chi connectivity index (χ1n) is 6.85. The zero-order valence-corrected chi connectivity index (χ0v) is 11.7. The summed E-state index contributed by atoms with van der Waals surface area (Å²) in [6.45, 7) is 0. The van der Waals surface area contributed by atoms with Crippen LogP contribution in [0, 0.1) is 0 Å². The van der Waals surface area contributed by atoms with Crippen molar-refractivity contribution >= 4 is 5.78 Å². The summed E-state index contributed by atoms with van der Waals surface area (Å²) in [5.41, 5.74) is 0.978. The minimum Gasteiger partial charge on any atom is -0.497 e. The van der Waals surface area contributed by atoms with Crippen molar-refractivity contribution in [3.63, 3.8) is 0 Å². The normalized spacial score (nSPS) is 20.5. The summed E-state index contributed by atoms with van der Waals surface area (Å²) in [5, 5.41) is 0. The van der Waals surface area contributed by atoms with E-state index < -0.39 is 0 Å². The maximum Gasteiger partial charge on any atom is 0.167 e. The van der Waals surface area contributed by atoms with Gasteiger partial charge in [0.05, 0.1) is 13.0 Å². The van der Waals surface area contributed by atoms with Gasteiger partial charge >= 0.3 is 0 Å². The lowest BCUT2D eigenvalue weighted by atomic mass is 9.94. The van der Waals surface area contributed by atoms with Gasteiger partial charge in [-0.25, -0.2) is 0 Å². The Morgan fingerprint density at radius 2 is 1.57 bits per heavy atom. The second-order valence-electron chi connectivity index (χ2n) is 4.91. The molecule has 0 bridgehead atoms. The maximum absolute atomic E-state index is 12.1. The summed E-state index contributed by atoms with van der Waals surface area (Å²) in [6, 6.07) is 17.1. The molecule has 2 atom stereocenters. The molecule has 0 saturated heterocycles. The third kappa shape index (κ3) is 2.82. The number of rotatable bonds is 4. The Labute approximate surface area is 123 Å². The molecule has 3 heteroatoms. The molecule has 0 saturated carbocycles. The second kappa shape index (κ2) is 5.83. The smallest absolute Gasteiger partial charge is 0.167 e. The Kier molecular flexibility index (Phi) is 3.73. The number of benzene rings is 2. The quantitative estimate of drug-likeness (QED) is 0.861. The number of ether oxygens (including phenoxy) is 2. The number of allylic oxidation sites excluding steroid dienone is 1. The van der Waals surface area contributed by atoms with Gasteiger partial charge in [0.15, 0.2) is 5.78 Å². The van der Waals surface area contributed by atoms with E-state index in [0.717, 1.165) is 17.1 Å². The van der Waals surface area contributed by atoms with E-state index in [2.05, 4.69) is 0 Å². The number of methoxy groups -OCH3 is 1. The predicted octanol–water partition coefficient (Wildman–Crippen LogP) is 3.37. The molecule has 0 N–H and O–H groups in total. The molecular weight excluding hydrogens is 264 g/mol. The molecule has 1 aliphatic carbocycles. The summed E-state index contributed by atoms with van der Waals surface area (Å²) in [4.78, 5) is 12.1. The fraction of sp³-hybridized carbons (Fsp3) is 0.167. The lowest BCUT2D eigenvalue weighted by Gasteiger charge is -2.20. The molecule has 1 aliphatic rings. The van der Waals surface area contributed by atoms with Gasteiger partial charge in [0.25, 0.3) is 0 Å². The van der Waals surface area contributed by atoms with Crippen molar-refractivity contribution < 1.29 is 14.3 Å². The summed E-state index contributed by atoms with van der Waals surface area (Å²) >= 11 is 0. The van der Waals surface area contributed by atoms with Crippen LogP contribution in [0.5, 0.6) is 11.5 Å². The van der Waals surface area contributed by atoms with Crippen LogP contribution in [-0.4, -0.2) is 19.0 Å². The number of hydrogen-bond donors (Lipinski definition) is 0.